The van der Waals surface area contributed by atoms with Crippen molar-refractivity contribution in [2.45, 2.75) is 33.8 Å². The van der Waals surface area contributed by atoms with Gasteiger partial charge in [-0.3, -0.25) is 0 Å². The fraction of sp³-hybridized carbons (Fsp3) is 0.281. The Hall–Kier alpha value is -4.70. The molecule has 0 spiro atoms. The molecule has 0 atom stereocenters. The first-order chi connectivity index (χ1) is 20.1. The van der Waals surface area contributed by atoms with Crippen LogP contribution in [0, 0.1) is 19.7 Å². The van der Waals surface area contributed by atoms with Gasteiger partial charge in [0.05, 0.1) is 11.8 Å². The number of carbonyl (C=O) groups excluding carboxylic acids is 1. The molecule has 1 N–H and O–H groups in total. The summed E-state index contributed by atoms with van der Waals surface area (Å²) in [6, 6.07) is 18.6. The maximum Gasteiger partial charge on any atom is 0.425 e. The van der Waals surface area contributed by atoms with E-state index in [4.69, 9.17) is 14.2 Å². The SMILES string of the molecule is Cc1cccc(C)c1N(C(=O)Oc1ccc(F)cc1OC(C)C)c1ccnc(Nc2ccc(OCCN(C)C)cc2)n1. The monoisotopic (exact) mass is 573 g/mol. The van der Waals surface area contributed by atoms with Crippen molar-refractivity contribution in [1.29, 1.82) is 0 Å². The third-order valence-corrected chi connectivity index (χ3v) is 6.10. The summed E-state index contributed by atoms with van der Waals surface area (Å²) >= 11 is 0. The number of aryl methyl sites for hydroxylation is 2. The van der Waals surface area contributed by atoms with E-state index >= 15 is 0 Å². The van der Waals surface area contributed by atoms with E-state index in [-0.39, 0.29) is 29.4 Å². The molecule has 4 rings (SSSR count). The molecule has 0 aliphatic carbocycles. The van der Waals surface area contributed by atoms with Gasteiger partial charge in [0.2, 0.25) is 5.95 Å². The highest BCUT2D eigenvalue weighted by Gasteiger charge is 2.26. The number of amides is 1. The van der Waals surface area contributed by atoms with Crippen LogP contribution >= 0.6 is 0 Å². The van der Waals surface area contributed by atoms with E-state index < -0.39 is 11.9 Å². The number of hydrogen-bond acceptors (Lipinski definition) is 8. The first kappa shape index (κ1) is 30.3. The van der Waals surface area contributed by atoms with Gasteiger partial charge in [-0.1, -0.05) is 18.2 Å². The van der Waals surface area contributed by atoms with Crippen molar-refractivity contribution in [3.05, 3.63) is 89.9 Å². The molecule has 0 aliphatic heterocycles. The maximum absolute atomic E-state index is 14.0. The molecule has 1 heterocycles. The number of nitrogens with one attached hydrogen (secondary N) is 1. The molecule has 0 radical (unpaired) electrons. The molecule has 9 nitrogen and oxygen atoms in total. The summed E-state index contributed by atoms with van der Waals surface area (Å²) < 4.78 is 31.3. The van der Waals surface area contributed by atoms with Crippen LogP contribution in [0.3, 0.4) is 0 Å². The Balaban J connectivity index is 1.63. The second-order valence-corrected chi connectivity index (χ2v) is 10.2. The van der Waals surface area contributed by atoms with Crippen LogP contribution in [-0.2, 0) is 0 Å². The van der Waals surface area contributed by atoms with Crippen LogP contribution < -0.4 is 24.4 Å². The first-order valence-electron chi connectivity index (χ1n) is 13.6. The highest BCUT2D eigenvalue weighted by molar-refractivity contribution is 5.98. The van der Waals surface area contributed by atoms with Crippen LogP contribution in [0.1, 0.15) is 25.0 Å². The largest absolute Gasteiger partial charge is 0.492 e. The zero-order valence-electron chi connectivity index (χ0n) is 24.7. The van der Waals surface area contributed by atoms with E-state index in [2.05, 4.69) is 20.2 Å². The van der Waals surface area contributed by atoms with Crippen LogP contribution in [-0.4, -0.2) is 54.3 Å². The fourth-order valence-corrected chi connectivity index (χ4v) is 4.15. The van der Waals surface area contributed by atoms with Crippen molar-refractivity contribution in [1.82, 2.24) is 14.9 Å². The van der Waals surface area contributed by atoms with Crippen molar-refractivity contribution in [2.75, 3.05) is 37.5 Å². The molecular formula is C32H36FN5O4. The average molecular weight is 574 g/mol. The Morgan fingerprint density at radius 3 is 2.36 bits per heavy atom. The minimum Gasteiger partial charge on any atom is -0.492 e. The molecule has 0 unspecified atom stereocenters. The third-order valence-electron chi connectivity index (χ3n) is 6.10. The highest BCUT2D eigenvalue weighted by atomic mass is 19.1. The lowest BCUT2D eigenvalue weighted by atomic mass is 10.1. The van der Waals surface area contributed by atoms with E-state index in [0.717, 1.165) is 29.1 Å². The van der Waals surface area contributed by atoms with Crippen molar-refractivity contribution >= 4 is 29.2 Å². The number of anilines is 4. The molecule has 1 aromatic heterocycles. The lowest BCUT2D eigenvalue weighted by Crippen LogP contribution is -2.31. The minimum atomic E-state index is -0.739. The first-order valence-corrected chi connectivity index (χ1v) is 13.6. The number of aromatic nitrogens is 2. The topological polar surface area (TPSA) is 89.0 Å². The number of carbonyl (C=O) groups is 1. The maximum atomic E-state index is 14.0. The van der Waals surface area contributed by atoms with Crippen LogP contribution in [0.4, 0.5) is 32.3 Å². The van der Waals surface area contributed by atoms with Crippen LogP contribution in [0.2, 0.25) is 0 Å². The van der Waals surface area contributed by atoms with E-state index in [1.165, 1.54) is 23.1 Å². The van der Waals surface area contributed by atoms with Crippen LogP contribution in [0.5, 0.6) is 17.2 Å². The molecule has 0 bridgehead atoms. The molecule has 0 fully saturated rings. The molecule has 10 heteroatoms. The second-order valence-electron chi connectivity index (χ2n) is 10.2. The van der Waals surface area contributed by atoms with Crippen molar-refractivity contribution in [3.8, 4) is 17.2 Å². The van der Waals surface area contributed by atoms with Gasteiger partial charge in [-0.25, -0.2) is 19.1 Å². The average Bonchev–Trinajstić information content (AvgIpc) is 2.93. The van der Waals surface area contributed by atoms with Crippen molar-refractivity contribution in [2.24, 2.45) is 0 Å². The molecule has 3 aromatic carbocycles. The molecule has 42 heavy (non-hydrogen) atoms. The number of rotatable bonds is 11. The van der Waals surface area contributed by atoms with E-state index in [0.29, 0.717) is 12.3 Å². The summed E-state index contributed by atoms with van der Waals surface area (Å²) in [5, 5.41) is 3.18. The molecule has 0 saturated heterocycles. The Morgan fingerprint density at radius 2 is 1.69 bits per heavy atom. The summed E-state index contributed by atoms with van der Waals surface area (Å²) in [6.07, 6.45) is 0.562. The van der Waals surface area contributed by atoms with Crippen LogP contribution in [0.25, 0.3) is 0 Å². The Labute approximate surface area is 245 Å². The number of benzene rings is 3. The number of para-hydroxylation sites is 1. The quantitative estimate of drug-likeness (QED) is 0.204. The lowest BCUT2D eigenvalue weighted by Gasteiger charge is -2.25. The minimum absolute atomic E-state index is 0.0895. The summed E-state index contributed by atoms with van der Waals surface area (Å²) in [5.74, 6) is 1.03. The zero-order valence-corrected chi connectivity index (χ0v) is 24.7. The van der Waals surface area contributed by atoms with Gasteiger partial charge in [-0.05, 0) is 89.3 Å². The summed E-state index contributed by atoms with van der Waals surface area (Å²) in [5.41, 5.74) is 3.03. The van der Waals surface area contributed by atoms with Gasteiger partial charge in [0.1, 0.15) is 24.0 Å². The molecule has 0 saturated carbocycles. The molecular weight excluding hydrogens is 537 g/mol. The van der Waals surface area contributed by atoms with Crippen molar-refractivity contribution < 1.29 is 23.4 Å². The molecule has 4 aromatic rings. The Morgan fingerprint density at radius 1 is 0.976 bits per heavy atom. The van der Waals surface area contributed by atoms with Gasteiger partial charge in [0.25, 0.3) is 0 Å². The predicted octanol–water partition coefficient (Wildman–Crippen LogP) is 7.04. The number of nitrogens with zero attached hydrogens (tertiary/aromatic N) is 4. The smallest absolute Gasteiger partial charge is 0.425 e. The summed E-state index contributed by atoms with van der Waals surface area (Å²) in [4.78, 5) is 26.2. The Kier molecular flexibility index (Phi) is 9.93. The molecule has 1 amide bonds. The predicted molar refractivity (Wildman–Crippen MR) is 162 cm³/mol. The van der Waals surface area contributed by atoms with Gasteiger partial charge >= 0.3 is 6.09 Å². The van der Waals surface area contributed by atoms with Gasteiger partial charge in [0.15, 0.2) is 11.5 Å². The fourth-order valence-electron chi connectivity index (χ4n) is 4.15. The standard InChI is InChI=1S/C32H36FN5O4/c1-21(2)41-28-20-24(33)10-15-27(28)42-32(39)38(30-22(3)8-7-9-23(30)4)29-16-17-34-31(36-29)35-25-11-13-26(14-12-25)40-19-18-37(5)6/h7-17,20-21H,18-19H2,1-6H3,(H,34,35,36). The summed E-state index contributed by atoms with van der Waals surface area (Å²) in [6.45, 7) is 8.80. The Bertz CT molecular complexity index is 1490. The van der Waals surface area contributed by atoms with E-state index in [9.17, 15) is 9.18 Å². The molecule has 0 aliphatic rings. The van der Waals surface area contributed by atoms with Gasteiger partial charge in [-0.15, -0.1) is 0 Å². The van der Waals surface area contributed by atoms with E-state index in [1.54, 1.807) is 26.1 Å². The van der Waals surface area contributed by atoms with Gasteiger partial charge in [-0.2, -0.15) is 4.98 Å². The zero-order chi connectivity index (χ0) is 30.2. The van der Waals surface area contributed by atoms with E-state index in [1.807, 2.05) is 70.4 Å². The van der Waals surface area contributed by atoms with Gasteiger partial charge in [0, 0.05) is 30.6 Å². The second kappa shape index (κ2) is 13.8. The van der Waals surface area contributed by atoms with Gasteiger partial charge < -0.3 is 24.4 Å². The number of ether oxygens (including phenoxy) is 3. The summed E-state index contributed by atoms with van der Waals surface area (Å²) in [7, 11) is 3.99. The lowest BCUT2D eigenvalue weighted by molar-refractivity contribution is 0.199. The number of halogens is 1. The number of likely N-dealkylation sites (N-methyl/N-ethyl adjacent to an activating group) is 1. The molecule has 220 valence electrons. The third kappa shape index (κ3) is 7.94. The van der Waals surface area contributed by atoms with Crippen molar-refractivity contribution in [3.63, 3.8) is 0 Å². The highest BCUT2D eigenvalue weighted by Crippen LogP contribution is 2.35. The number of hydrogen-bond donors (Lipinski definition) is 1. The van der Waals surface area contributed by atoms with Crippen LogP contribution in [0.15, 0.2) is 72.9 Å². The normalized spacial score (nSPS) is 11.0.